The first-order chi connectivity index (χ1) is 8.26. The van der Waals surface area contributed by atoms with E-state index in [0.29, 0.717) is 11.6 Å². The van der Waals surface area contributed by atoms with Crippen LogP contribution in [0.25, 0.3) is 0 Å². The van der Waals surface area contributed by atoms with Crippen LogP contribution in [0.3, 0.4) is 0 Å². The van der Waals surface area contributed by atoms with E-state index in [1.54, 1.807) is 23.9 Å². The van der Waals surface area contributed by atoms with Crippen molar-refractivity contribution in [2.45, 2.75) is 0 Å². The molecule has 0 aliphatic heterocycles. The van der Waals surface area contributed by atoms with Crippen molar-refractivity contribution < 1.29 is 0 Å². The van der Waals surface area contributed by atoms with E-state index in [1.165, 1.54) is 6.21 Å². The van der Waals surface area contributed by atoms with Crippen LogP contribution in [-0.2, 0) is 0 Å². The molecule has 0 heterocycles. The molecule has 0 saturated carbocycles. The zero-order chi connectivity index (χ0) is 12.5. The first kappa shape index (κ1) is 13.7. The van der Waals surface area contributed by atoms with Crippen LogP contribution < -0.4 is 5.43 Å². The van der Waals surface area contributed by atoms with E-state index in [2.05, 4.69) is 15.5 Å². The number of hydrazone groups is 1. The van der Waals surface area contributed by atoms with Crippen molar-refractivity contribution in [1.29, 1.82) is 5.41 Å². The van der Waals surface area contributed by atoms with E-state index < -0.39 is 0 Å². The Balaban J connectivity index is 2.62. The predicted octanol–water partition coefficient (Wildman–Crippen LogP) is 2.96. The van der Waals surface area contributed by atoms with Crippen molar-refractivity contribution in [1.82, 2.24) is 5.43 Å². The van der Waals surface area contributed by atoms with E-state index in [4.69, 9.17) is 17.0 Å². The summed E-state index contributed by atoms with van der Waals surface area (Å²) in [5, 5.41) is 12.2. The maximum absolute atomic E-state index is 6.77. The van der Waals surface area contributed by atoms with Gasteiger partial charge in [-0.25, -0.2) is 4.99 Å². The van der Waals surface area contributed by atoms with Crippen LogP contribution >= 0.6 is 23.4 Å². The molecular formula is C11H13ClN4S. The van der Waals surface area contributed by atoms with E-state index in [9.17, 15) is 0 Å². The fourth-order valence-electron chi connectivity index (χ4n) is 1.02. The molecule has 4 nitrogen and oxygen atoms in total. The highest BCUT2D eigenvalue weighted by Gasteiger charge is 1.97. The monoisotopic (exact) mass is 268 g/mol. The highest BCUT2D eigenvalue weighted by Crippen LogP contribution is 2.17. The molecular weight excluding hydrogens is 256 g/mol. The van der Waals surface area contributed by atoms with Crippen LogP contribution in [0, 0.1) is 5.41 Å². The van der Waals surface area contributed by atoms with Crippen molar-refractivity contribution in [3.63, 3.8) is 0 Å². The normalized spacial score (nSPS) is 11.8. The third-order valence-electron chi connectivity index (χ3n) is 1.79. The lowest BCUT2D eigenvalue weighted by molar-refractivity contribution is 0.859. The molecule has 0 unspecified atom stereocenters. The lowest BCUT2D eigenvalue weighted by Gasteiger charge is -2.02. The molecule has 0 fully saturated rings. The molecule has 2 N–H and O–H groups in total. The highest BCUT2D eigenvalue weighted by molar-refractivity contribution is 8.13. The Labute approximate surface area is 110 Å². The second-order valence-corrected chi connectivity index (χ2v) is 4.28. The van der Waals surface area contributed by atoms with Gasteiger partial charge in [0.25, 0.3) is 0 Å². The molecule has 0 saturated heterocycles. The largest absolute Gasteiger partial charge is 0.307 e. The number of rotatable bonds is 5. The summed E-state index contributed by atoms with van der Waals surface area (Å²) in [7, 11) is 0. The minimum Gasteiger partial charge on any atom is -0.307 e. The summed E-state index contributed by atoms with van der Waals surface area (Å²) >= 11 is 7.34. The molecule has 1 aromatic carbocycles. The minimum absolute atomic E-state index is 0.536. The Kier molecular flexibility index (Phi) is 6.35. The topological polar surface area (TPSA) is 60.6 Å². The van der Waals surface area contributed by atoms with Crippen LogP contribution in [0.5, 0.6) is 0 Å². The Hall–Kier alpha value is -1.33. The molecule has 0 aliphatic rings. The van der Waals surface area contributed by atoms with Gasteiger partial charge in [0.1, 0.15) is 0 Å². The number of halogens is 1. The van der Waals surface area contributed by atoms with Gasteiger partial charge in [-0.2, -0.15) is 5.10 Å². The van der Waals surface area contributed by atoms with Crippen LogP contribution in [-0.4, -0.2) is 30.3 Å². The van der Waals surface area contributed by atoms with Gasteiger partial charge in [0.05, 0.1) is 23.5 Å². The summed E-state index contributed by atoms with van der Waals surface area (Å²) in [6.07, 6.45) is 4.44. The lowest BCUT2D eigenvalue weighted by atomic mass is 10.3. The summed E-state index contributed by atoms with van der Waals surface area (Å²) in [4.78, 5) is 4.44. The maximum Gasteiger partial charge on any atom is 0.0944 e. The number of nitrogens with zero attached hydrogens (tertiary/aromatic N) is 2. The van der Waals surface area contributed by atoms with Crippen LogP contribution in [0.2, 0.25) is 5.02 Å². The third-order valence-corrected chi connectivity index (χ3v) is 2.75. The molecule has 0 aromatic heterocycles. The van der Waals surface area contributed by atoms with Gasteiger partial charge in [-0.1, -0.05) is 11.6 Å². The molecule has 6 heteroatoms. The number of thioether (sulfide) groups is 1. The van der Waals surface area contributed by atoms with Gasteiger partial charge in [0.2, 0.25) is 0 Å². The maximum atomic E-state index is 6.77. The van der Waals surface area contributed by atoms with Crippen molar-refractivity contribution in [3.8, 4) is 0 Å². The highest BCUT2D eigenvalue weighted by atomic mass is 35.5. The van der Waals surface area contributed by atoms with Crippen molar-refractivity contribution in [2.24, 2.45) is 10.1 Å². The van der Waals surface area contributed by atoms with Gasteiger partial charge in [-0.3, -0.25) is 0 Å². The van der Waals surface area contributed by atoms with E-state index in [-0.39, 0.29) is 0 Å². The van der Waals surface area contributed by atoms with Crippen LogP contribution in [0.4, 0.5) is 5.69 Å². The Morgan fingerprint density at radius 1 is 1.47 bits per heavy atom. The van der Waals surface area contributed by atoms with Gasteiger partial charge in [-0.15, -0.1) is 11.8 Å². The molecule has 0 aliphatic carbocycles. The molecule has 0 atom stereocenters. The summed E-state index contributed by atoms with van der Waals surface area (Å²) < 4.78 is 0. The molecule has 0 spiro atoms. The quantitative estimate of drug-likeness (QED) is 0.490. The number of hydrogen-bond donors (Lipinski definition) is 2. The molecule has 0 amide bonds. The fourth-order valence-corrected chi connectivity index (χ4v) is 1.55. The lowest BCUT2D eigenvalue weighted by Crippen LogP contribution is -2.15. The summed E-state index contributed by atoms with van der Waals surface area (Å²) in [5.41, 5.74) is 3.67. The van der Waals surface area contributed by atoms with Crippen molar-refractivity contribution in [2.75, 3.05) is 12.8 Å². The van der Waals surface area contributed by atoms with Crippen molar-refractivity contribution >= 4 is 46.5 Å². The summed E-state index contributed by atoms with van der Waals surface area (Å²) in [5.74, 6) is 0. The van der Waals surface area contributed by atoms with Gasteiger partial charge in [0.15, 0.2) is 0 Å². The minimum atomic E-state index is 0.536. The van der Waals surface area contributed by atoms with E-state index in [0.717, 1.165) is 16.9 Å². The van der Waals surface area contributed by atoms with Gasteiger partial charge < -0.3 is 10.8 Å². The summed E-state index contributed by atoms with van der Waals surface area (Å²) in [6, 6.07) is 7.33. The first-order valence-electron chi connectivity index (χ1n) is 4.88. The Bertz CT molecular complexity index is 414. The van der Waals surface area contributed by atoms with Gasteiger partial charge in [-0.05, 0) is 30.5 Å². The Morgan fingerprint density at radius 2 is 2.18 bits per heavy atom. The molecule has 1 aromatic rings. The smallest absolute Gasteiger partial charge is 0.0944 e. The standard InChI is InChI=1S/C11H13ClN4S/c1-17-11(8-15-14-7-6-13)16-10-4-2-9(12)3-5-10/h2-7,13,15H,8H2,1H3/b13-6?,14-7-,16-11+. The number of aliphatic imine (C=N–C) groups is 1. The molecule has 17 heavy (non-hydrogen) atoms. The SMILES string of the molecule is CS/C(CN/N=C\C=N)=N/c1ccc(Cl)cc1. The second-order valence-electron chi connectivity index (χ2n) is 2.97. The zero-order valence-corrected chi connectivity index (χ0v) is 10.9. The van der Waals surface area contributed by atoms with Crippen LogP contribution in [0.1, 0.15) is 0 Å². The van der Waals surface area contributed by atoms with Crippen molar-refractivity contribution in [3.05, 3.63) is 29.3 Å². The molecule has 0 bridgehead atoms. The van der Waals surface area contributed by atoms with E-state index >= 15 is 0 Å². The zero-order valence-electron chi connectivity index (χ0n) is 9.35. The average molecular weight is 269 g/mol. The Morgan fingerprint density at radius 3 is 2.76 bits per heavy atom. The number of benzene rings is 1. The molecule has 1 rings (SSSR count). The van der Waals surface area contributed by atoms with E-state index in [1.807, 2.05) is 18.4 Å². The average Bonchev–Trinajstić information content (AvgIpc) is 2.35. The number of hydrogen-bond acceptors (Lipinski definition) is 5. The van der Waals surface area contributed by atoms with Crippen LogP contribution in [0.15, 0.2) is 34.4 Å². The molecule has 90 valence electrons. The van der Waals surface area contributed by atoms with Gasteiger partial charge >= 0.3 is 0 Å². The fraction of sp³-hybridized carbons (Fsp3) is 0.182. The summed E-state index contributed by atoms with van der Waals surface area (Å²) in [6.45, 7) is 0.536. The third kappa shape index (κ3) is 5.51. The molecule has 0 radical (unpaired) electrons. The second kappa shape index (κ2) is 7.86. The predicted molar refractivity (Wildman–Crippen MR) is 77.3 cm³/mol. The van der Waals surface area contributed by atoms with Gasteiger partial charge in [0, 0.05) is 11.2 Å². The first-order valence-corrected chi connectivity index (χ1v) is 6.48. The number of nitrogens with one attached hydrogen (secondary N) is 2.